The number of aliphatic hydroxyl groups excluding tert-OH is 1. The second kappa shape index (κ2) is 10.6. The fourth-order valence-corrected chi connectivity index (χ4v) is 4.12. The van der Waals surface area contributed by atoms with Gasteiger partial charge in [-0.3, -0.25) is 9.59 Å². The second-order valence-corrected chi connectivity index (χ2v) is 9.33. The Morgan fingerprint density at radius 2 is 1.76 bits per heavy atom. The molecule has 0 radical (unpaired) electrons. The lowest BCUT2D eigenvalue weighted by Gasteiger charge is -2.26. The van der Waals surface area contributed by atoms with Gasteiger partial charge in [0.1, 0.15) is 11.5 Å². The van der Waals surface area contributed by atoms with Gasteiger partial charge in [0.05, 0.1) is 27.8 Å². The summed E-state index contributed by atoms with van der Waals surface area (Å²) in [4.78, 5) is 29.5. The van der Waals surface area contributed by atoms with Crippen molar-refractivity contribution in [2.75, 3.05) is 27.2 Å². The normalized spacial score (nSPS) is 17.9. The van der Waals surface area contributed by atoms with Crippen molar-refractivity contribution in [3.05, 3.63) is 69.2 Å². The van der Waals surface area contributed by atoms with Crippen molar-refractivity contribution < 1.29 is 19.4 Å². The van der Waals surface area contributed by atoms with E-state index in [0.717, 1.165) is 6.54 Å². The molecule has 1 fully saturated rings. The topological polar surface area (TPSA) is 70.1 Å². The molecule has 1 heterocycles. The Labute approximate surface area is 204 Å². The van der Waals surface area contributed by atoms with Crippen LogP contribution in [0, 0.1) is 0 Å². The molecule has 1 N–H and O–H groups in total. The fourth-order valence-electron chi connectivity index (χ4n) is 3.82. The molecule has 0 spiro atoms. The van der Waals surface area contributed by atoms with Gasteiger partial charge in [0.15, 0.2) is 0 Å². The molecule has 33 heavy (non-hydrogen) atoms. The minimum absolute atomic E-state index is 0.00610. The quantitative estimate of drug-likeness (QED) is 0.314. The van der Waals surface area contributed by atoms with Crippen molar-refractivity contribution in [3.8, 4) is 5.75 Å². The van der Waals surface area contributed by atoms with Gasteiger partial charge in [-0.1, -0.05) is 29.3 Å². The molecule has 1 saturated heterocycles. The predicted molar refractivity (Wildman–Crippen MR) is 131 cm³/mol. The molecule has 1 atom stereocenters. The summed E-state index contributed by atoms with van der Waals surface area (Å²) >= 11 is 12.3. The molecule has 1 amide bonds. The molecule has 176 valence electrons. The Morgan fingerprint density at radius 3 is 2.33 bits per heavy atom. The molecule has 0 aromatic heterocycles. The number of likely N-dealkylation sites (tertiary alicyclic amines) is 1. The lowest BCUT2D eigenvalue weighted by Crippen LogP contribution is -2.32. The summed E-state index contributed by atoms with van der Waals surface area (Å²) in [7, 11) is 3.88. The number of ketones is 1. The van der Waals surface area contributed by atoms with Crippen molar-refractivity contribution in [3.63, 3.8) is 0 Å². The third-order valence-corrected chi connectivity index (χ3v) is 6.04. The van der Waals surface area contributed by atoms with E-state index in [1.54, 1.807) is 42.5 Å². The molecule has 0 saturated carbocycles. The summed E-state index contributed by atoms with van der Waals surface area (Å²) in [6, 6.07) is 11.0. The van der Waals surface area contributed by atoms with Crippen LogP contribution in [0.25, 0.3) is 5.76 Å². The number of aliphatic hydroxyl groups is 1. The van der Waals surface area contributed by atoms with Crippen LogP contribution >= 0.6 is 23.2 Å². The standard InChI is InChI=1S/C25H28Cl2N2O4/c1-15(2)33-18-9-6-16(7-10-18)23(30)21-22(17-8-11-19(26)20(27)14-17)29(25(32)24(21)31)13-5-12-28(3)4/h6-11,14-15,22,30H,5,12-13H2,1-4H3/t22-/m1/s1. The Kier molecular flexibility index (Phi) is 8.05. The molecule has 0 bridgehead atoms. The molecule has 1 aliphatic heterocycles. The van der Waals surface area contributed by atoms with Gasteiger partial charge in [0.2, 0.25) is 0 Å². The van der Waals surface area contributed by atoms with Gasteiger partial charge in [-0.05, 0) is 82.9 Å². The van der Waals surface area contributed by atoms with E-state index in [2.05, 4.69) is 0 Å². The van der Waals surface area contributed by atoms with Crippen LogP contribution in [0.2, 0.25) is 10.0 Å². The minimum atomic E-state index is -0.770. The molecule has 6 nitrogen and oxygen atoms in total. The van der Waals surface area contributed by atoms with E-state index in [4.69, 9.17) is 27.9 Å². The number of rotatable bonds is 8. The highest BCUT2D eigenvalue weighted by Crippen LogP contribution is 2.41. The first-order valence-electron chi connectivity index (χ1n) is 10.7. The van der Waals surface area contributed by atoms with Gasteiger partial charge in [-0.25, -0.2) is 0 Å². The maximum absolute atomic E-state index is 13.1. The Balaban J connectivity index is 2.06. The SMILES string of the molecule is CC(C)Oc1ccc(C(O)=C2C(=O)C(=O)N(CCCN(C)C)[C@@H]2c2ccc(Cl)c(Cl)c2)cc1. The maximum Gasteiger partial charge on any atom is 0.295 e. The van der Waals surface area contributed by atoms with E-state index in [9.17, 15) is 14.7 Å². The number of Topliss-reactive ketones (excluding diaryl/α,β-unsaturated/α-hetero) is 1. The highest BCUT2D eigenvalue weighted by Gasteiger charge is 2.45. The molecule has 8 heteroatoms. The molecular formula is C25H28Cl2N2O4. The Bertz CT molecular complexity index is 1060. The molecule has 0 unspecified atom stereocenters. The van der Waals surface area contributed by atoms with E-state index >= 15 is 0 Å². The van der Waals surface area contributed by atoms with Crippen molar-refractivity contribution in [1.29, 1.82) is 0 Å². The van der Waals surface area contributed by atoms with E-state index in [0.29, 0.717) is 39.9 Å². The fraction of sp³-hybridized carbons (Fsp3) is 0.360. The number of halogens is 2. The predicted octanol–water partition coefficient (Wildman–Crippen LogP) is 5.15. The lowest BCUT2D eigenvalue weighted by atomic mass is 9.95. The highest BCUT2D eigenvalue weighted by atomic mass is 35.5. The van der Waals surface area contributed by atoms with Crippen molar-refractivity contribution in [2.45, 2.75) is 32.4 Å². The third-order valence-electron chi connectivity index (χ3n) is 5.30. The molecule has 0 aliphatic carbocycles. The van der Waals surface area contributed by atoms with Gasteiger partial charge in [-0.15, -0.1) is 0 Å². The number of ether oxygens (including phenoxy) is 1. The van der Waals surface area contributed by atoms with Crippen LogP contribution in [0.15, 0.2) is 48.0 Å². The summed E-state index contributed by atoms with van der Waals surface area (Å²) in [6.45, 7) is 4.94. The summed E-state index contributed by atoms with van der Waals surface area (Å²) in [5.41, 5.74) is 1.05. The highest BCUT2D eigenvalue weighted by molar-refractivity contribution is 6.46. The number of nitrogens with zero attached hydrogens (tertiary/aromatic N) is 2. The van der Waals surface area contributed by atoms with Gasteiger partial charge >= 0.3 is 0 Å². The van der Waals surface area contributed by atoms with Crippen LogP contribution in [0.5, 0.6) is 5.75 Å². The van der Waals surface area contributed by atoms with Crippen molar-refractivity contribution >= 4 is 40.7 Å². The second-order valence-electron chi connectivity index (χ2n) is 8.51. The Hall–Kier alpha value is -2.54. The van der Waals surface area contributed by atoms with E-state index < -0.39 is 17.7 Å². The first-order valence-corrected chi connectivity index (χ1v) is 11.5. The molecule has 3 rings (SSSR count). The minimum Gasteiger partial charge on any atom is -0.507 e. The number of hydrogen-bond acceptors (Lipinski definition) is 5. The van der Waals surface area contributed by atoms with E-state index in [-0.39, 0.29) is 17.4 Å². The largest absolute Gasteiger partial charge is 0.507 e. The van der Waals surface area contributed by atoms with Crippen LogP contribution < -0.4 is 4.74 Å². The first kappa shape index (κ1) is 25.1. The first-order chi connectivity index (χ1) is 15.6. The molecule has 2 aromatic carbocycles. The smallest absolute Gasteiger partial charge is 0.295 e. The third kappa shape index (κ3) is 5.69. The van der Waals surface area contributed by atoms with Gasteiger partial charge < -0.3 is 19.6 Å². The van der Waals surface area contributed by atoms with Crippen molar-refractivity contribution in [1.82, 2.24) is 9.80 Å². The van der Waals surface area contributed by atoms with Crippen LogP contribution in [0.4, 0.5) is 0 Å². The van der Waals surface area contributed by atoms with E-state index in [1.165, 1.54) is 4.90 Å². The van der Waals surface area contributed by atoms with Crippen LogP contribution in [-0.2, 0) is 9.59 Å². The van der Waals surface area contributed by atoms with Crippen LogP contribution in [-0.4, -0.2) is 59.9 Å². The van der Waals surface area contributed by atoms with Crippen LogP contribution in [0.1, 0.15) is 37.4 Å². The number of hydrogen-bond donors (Lipinski definition) is 1. The average Bonchev–Trinajstić information content (AvgIpc) is 3.00. The average molecular weight is 491 g/mol. The number of carbonyl (C=O) groups is 2. The zero-order chi connectivity index (χ0) is 24.3. The van der Waals surface area contributed by atoms with Gasteiger partial charge in [0.25, 0.3) is 11.7 Å². The van der Waals surface area contributed by atoms with Gasteiger partial charge in [-0.2, -0.15) is 0 Å². The molecule has 2 aromatic rings. The molecule has 1 aliphatic rings. The summed E-state index contributed by atoms with van der Waals surface area (Å²) in [5.74, 6) is -0.968. The zero-order valence-corrected chi connectivity index (χ0v) is 20.7. The zero-order valence-electron chi connectivity index (χ0n) is 19.1. The monoisotopic (exact) mass is 490 g/mol. The van der Waals surface area contributed by atoms with Crippen LogP contribution in [0.3, 0.4) is 0 Å². The van der Waals surface area contributed by atoms with Gasteiger partial charge in [0, 0.05) is 12.1 Å². The summed E-state index contributed by atoms with van der Waals surface area (Å²) in [6.07, 6.45) is 0.672. The molecular weight excluding hydrogens is 463 g/mol. The number of benzene rings is 2. The number of carbonyl (C=O) groups excluding carboxylic acids is 2. The summed E-state index contributed by atoms with van der Waals surface area (Å²) in [5, 5.41) is 11.8. The summed E-state index contributed by atoms with van der Waals surface area (Å²) < 4.78 is 5.65. The van der Waals surface area contributed by atoms with Crippen molar-refractivity contribution in [2.24, 2.45) is 0 Å². The lowest BCUT2D eigenvalue weighted by molar-refractivity contribution is -0.139. The van der Waals surface area contributed by atoms with E-state index in [1.807, 2.05) is 32.8 Å². The number of amides is 1. The maximum atomic E-state index is 13.1. The Morgan fingerprint density at radius 1 is 1.09 bits per heavy atom.